The van der Waals surface area contributed by atoms with Gasteiger partial charge in [0.1, 0.15) is 5.75 Å². The average molecular weight is 342 g/mol. The van der Waals surface area contributed by atoms with E-state index in [1.54, 1.807) is 7.11 Å². The standard InChI is InChI=1S/C20H30N4O/c1-20(2,16-9-11-18(25-6)12-10-16)15-22-19(21-3)24(5)14-17-8-7-13-23(17)4/h7-13H,14-15H2,1-6H3,(H,21,22). The van der Waals surface area contributed by atoms with E-state index in [0.717, 1.165) is 24.8 Å². The van der Waals surface area contributed by atoms with E-state index in [-0.39, 0.29) is 5.41 Å². The zero-order valence-electron chi connectivity index (χ0n) is 16.2. The molecule has 1 heterocycles. The smallest absolute Gasteiger partial charge is 0.193 e. The molecule has 0 spiro atoms. The van der Waals surface area contributed by atoms with Gasteiger partial charge in [-0.15, -0.1) is 0 Å². The summed E-state index contributed by atoms with van der Waals surface area (Å²) in [6.07, 6.45) is 2.06. The van der Waals surface area contributed by atoms with Crippen LogP contribution in [0, 0.1) is 0 Å². The van der Waals surface area contributed by atoms with E-state index in [4.69, 9.17) is 4.74 Å². The maximum Gasteiger partial charge on any atom is 0.193 e. The summed E-state index contributed by atoms with van der Waals surface area (Å²) in [5, 5.41) is 3.50. The van der Waals surface area contributed by atoms with E-state index < -0.39 is 0 Å². The highest BCUT2D eigenvalue weighted by molar-refractivity contribution is 5.79. The molecule has 1 N–H and O–H groups in total. The first-order valence-corrected chi connectivity index (χ1v) is 8.54. The van der Waals surface area contributed by atoms with Crippen molar-refractivity contribution in [2.24, 2.45) is 12.0 Å². The Balaban J connectivity index is 1.99. The third-order valence-corrected chi connectivity index (χ3v) is 4.58. The number of nitrogens with one attached hydrogen (secondary N) is 1. The van der Waals surface area contributed by atoms with Gasteiger partial charge in [0, 0.05) is 45.0 Å². The number of hydrogen-bond acceptors (Lipinski definition) is 2. The fourth-order valence-electron chi connectivity index (χ4n) is 2.81. The van der Waals surface area contributed by atoms with Crippen molar-refractivity contribution in [3.63, 3.8) is 0 Å². The van der Waals surface area contributed by atoms with Gasteiger partial charge in [-0.2, -0.15) is 0 Å². The van der Waals surface area contributed by atoms with Crippen molar-refractivity contribution in [3.05, 3.63) is 53.9 Å². The second-order valence-electron chi connectivity index (χ2n) is 6.98. The van der Waals surface area contributed by atoms with Gasteiger partial charge in [-0.25, -0.2) is 0 Å². The summed E-state index contributed by atoms with van der Waals surface area (Å²) in [4.78, 5) is 6.56. The Labute approximate surface area is 151 Å². The van der Waals surface area contributed by atoms with Gasteiger partial charge in [0.15, 0.2) is 5.96 Å². The highest BCUT2D eigenvalue weighted by Gasteiger charge is 2.22. The van der Waals surface area contributed by atoms with Crippen LogP contribution in [0.4, 0.5) is 0 Å². The van der Waals surface area contributed by atoms with Gasteiger partial charge >= 0.3 is 0 Å². The van der Waals surface area contributed by atoms with E-state index in [2.05, 4.69) is 78.2 Å². The molecular weight excluding hydrogens is 312 g/mol. The third kappa shape index (κ3) is 4.78. The van der Waals surface area contributed by atoms with Crippen molar-refractivity contribution in [2.75, 3.05) is 27.7 Å². The number of guanidine groups is 1. The lowest BCUT2D eigenvalue weighted by Crippen LogP contribution is -2.44. The second-order valence-corrected chi connectivity index (χ2v) is 6.98. The molecule has 1 aromatic heterocycles. The molecule has 0 radical (unpaired) electrons. The predicted octanol–water partition coefficient (Wildman–Crippen LogP) is 3.02. The quantitative estimate of drug-likeness (QED) is 0.648. The summed E-state index contributed by atoms with van der Waals surface area (Å²) >= 11 is 0. The van der Waals surface area contributed by atoms with Crippen LogP contribution in [0.2, 0.25) is 0 Å². The van der Waals surface area contributed by atoms with Gasteiger partial charge in [0.2, 0.25) is 0 Å². The van der Waals surface area contributed by atoms with Crippen LogP contribution in [0.1, 0.15) is 25.1 Å². The molecular formula is C20H30N4O. The molecule has 0 saturated carbocycles. The summed E-state index contributed by atoms with van der Waals surface area (Å²) in [6.45, 7) is 6.06. The number of benzene rings is 1. The Morgan fingerprint density at radius 1 is 1.24 bits per heavy atom. The Morgan fingerprint density at radius 3 is 2.44 bits per heavy atom. The minimum atomic E-state index is -0.0198. The fraction of sp³-hybridized carbons (Fsp3) is 0.450. The largest absolute Gasteiger partial charge is 0.497 e. The number of rotatable bonds is 6. The van der Waals surface area contributed by atoms with E-state index in [0.29, 0.717) is 0 Å². The highest BCUT2D eigenvalue weighted by Crippen LogP contribution is 2.24. The molecule has 2 aromatic rings. The maximum absolute atomic E-state index is 5.25. The number of aromatic nitrogens is 1. The summed E-state index contributed by atoms with van der Waals surface area (Å²) in [5.41, 5.74) is 2.50. The van der Waals surface area contributed by atoms with Crippen LogP contribution in [0.15, 0.2) is 47.6 Å². The number of hydrogen-bond donors (Lipinski definition) is 1. The Bertz CT molecular complexity index is 701. The van der Waals surface area contributed by atoms with Crippen LogP contribution in [-0.2, 0) is 19.0 Å². The number of aryl methyl sites for hydroxylation is 1. The Kier molecular flexibility index (Phi) is 6.12. The molecule has 0 bridgehead atoms. The summed E-state index contributed by atoms with van der Waals surface area (Å²) < 4.78 is 7.38. The van der Waals surface area contributed by atoms with Crippen molar-refractivity contribution in [1.82, 2.24) is 14.8 Å². The van der Waals surface area contributed by atoms with Gasteiger partial charge in [-0.3, -0.25) is 4.99 Å². The molecule has 136 valence electrons. The van der Waals surface area contributed by atoms with Crippen LogP contribution < -0.4 is 10.1 Å². The van der Waals surface area contributed by atoms with Crippen LogP contribution >= 0.6 is 0 Å². The second kappa shape index (κ2) is 8.10. The van der Waals surface area contributed by atoms with Crippen molar-refractivity contribution in [3.8, 4) is 5.75 Å². The number of nitrogens with zero attached hydrogens (tertiary/aromatic N) is 3. The summed E-state index contributed by atoms with van der Waals surface area (Å²) in [6, 6.07) is 12.5. The van der Waals surface area contributed by atoms with Gasteiger partial charge in [0.05, 0.1) is 13.7 Å². The first-order valence-electron chi connectivity index (χ1n) is 8.54. The molecule has 1 aromatic carbocycles. The van der Waals surface area contributed by atoms with Gasteiger partial charge in [0.25, 0.3) is 0 Å². The monoisotopic (exact) mass is 342 g/mol. The molecule has 2 rings (SSSR count). The molecule has 0 aliphatic rings. The minimum Gasteiger partial charge on any atom is -0.497 e. The maximum atomic E-state index is 5.25. The van der Waals surface area contributed by atoms with E-state index in [1.807, 2.05) is 19.2 Å². The molecule has 0 fully saturated rings. The lowest BCUT2D eigenvalue weighted by Gasteiger charge is -2.29. The van der Waals surface area contributed by atoms with E-state index in [1.165, 1.54) is 11.3 Å². The molecule has 0 amide bonds. The van der Waals surface area contributed by atoms with E-state index >= 15 is 0 Å². The van der Waals surface area contributed by atoms with Gasteiger partial charge < -0.3 is 19.5 Å². The number of methoxy groups -OCH3 is 1. The first kappa shape index (κ1) is 18.9. The molecule has 25 heavy (non-hydrogen) atoms. The highest BCUT2D eigenvalue weighted by atomic mass is 16.5. The van der Waals surface area contributed by atoms with Crippen molar-refractivity contribution < 1.29 is 4.74 Å². The number of aliphatic imine (C=N–C) groups is 1. The molecule has 0 atom stereocenters. The minimum absolute atomic E-state index is 0.0198. The van der Waals surface area contributed by atoms with E-state index in [9.17, 15) is 0 Å². The Morgan fingerprint density at radius 2 is 1.92 bits per heavy atom. The van der Waals surface area contributed by atoms with Crippen molar-refractivity contribution in [1.29, 1.82) is 0 Å². The topological polar surface area (TPSA) is 41.8 Å². The van der Waals surface area contributed by atoms with Crippen LogP contribution in [0.25, 0.3) is 0 Å². The molecule has 0 aliphatic heterocycles. The normalized spacial score (nSPS) is 12.2. The number of ether oxygens (including phenoxy) is 1. The zero-order valence-corrected chi connectivity index (χ0v) is 16.2. The first-order chi connectivity index (χ1) is 11.9. The lowest BCUT2D eigenvalue weighted by atomic mass is 9.84. The summed E-state index contributed by atoms with van der Waals surface area (Å²) in [5.74, 6) is 1.77. The molecule has 5 heteroatoms. The van der Waals surface area contributed by atoms with Crippen LogP contribution in [-0.4, -0.2) is 43.2 Å². The van der Waals surface area contributed by atoms with Crippen molar-refractivity contribution >= 4 is 5.96 Å². The SMILES string of the molecule is CN=C(NCC(C)(C)c1ccc(OC)cc1)N(C)Cc1cccn1C. The Hall–Kier alpha value is -2.43. The molecule has 0 unspecified atom stereocenters. The van der Waals surface area contributed by atoms with Gasteiger partial charge in [-0.1, -0.05) is 26.0 Å². The third-order valence-electron chi connectivity index (χ3n) is 4.58. The van der Waals surface area contributed by atoms with Crippen LogP contribution in [0.3, 0.4) is 0 Å². The molecule has 5 nitrogen and oxygen atoms in total. The van der Waals surface area contributed by atoms with Crippen LogP contribution in [0.5, 0.6) is 5.75 Å². The molecule has 0 saturated heterocycles. The average Bonchev–Trinajstić information content (AvgIpc) is 3.00. The summed E-state index contributed by atoms with van der Waals surface area (Å²) in [7, 11) is 7.63. The van der Waals surface area contributed by atoms with Gasteiger partial charge in [-0.05, 0) is 29.8 Å². The zero-order chi connectivity index (χ0) is 18.4. The molecule has 0 aliphatic carbocycles. The predicted molar refractivity (Wildman–Crippen MR) is 104 cm³/mol. The lowest BCUT2D eigenvalue weighted by molar-refractivity contribution is 0.413. The van der Waals surface area contributed by atoms with Crippen molar-refractivity contribution in [2.45, 2.75) is 25.8 Å². The fourth-order valence-corrected chi connectivity index (χ4v) is 2.81.